The molecule has 1 fully saturated rings. The van der Waals surface area contributed by atoms with Gasteiger partial charge in [-0.05, 0) is 52.7 Å². The van der Waals surface area contributed by atoms with Crippen LogP contribution in [-0.4, -0.2) is 40.5 Å². The van der Waals surface area contributed by atoms with Gasteiger partial charge in [-0.25, -0.2) is 0 Å². The number of nitrogens with zero attached hydrogens (tertiary/aromatic N) is 1. The van der Waals surface area contributed by atoms with Gasteiger partial charge in [0.2, 0.25) is 0 Å². The summed E-state index contributed by atoms with van der Waals surface area (Å²) in [5.74, 6) is -1.03. The van der Waals surface area contributed by atoms with Crippen molar-refractivity contribution >= 4 is 5.97 Å². The van der Waals surface area contributed by atoms with Crippen molar-refractivity contribution in [3.8, 4) is 0 Å². The van der Waals surface area contributed by atoms with Gasteiger partial charge in [0.25, 0.3) is 0 Å². The second kappa shape index (κ2) is 10.9. The van der Waals surface area contributed by atoms with E-state index in [-0.39, 0.29) is 36.7 Å². The monoisotopic (exact) mass is 465 g/mol. The molecule has 184 valence electrons. The first-order valence-electron chi connectivity index (χ1n) is 12.0. The minimum Gasteiger partial charge on any atom is -0.460 e. The van der Waals surface area contributed by atoms with Gasteiger partial charge < -0.3 is 14.2 Å². The minimum absolute atomic E-state index is 0.0200. The smallest absolute Gasteiger partial charge is 0.308 e. The summed E-state index contributed by atoms with van der Waals surface area (Å²) < 4.78 is 18.3. The Morgan fingerprint density at radius 1 is 1.09 bits per heavy atom. The third-order valence-electron chi connectivity index (χ3n) is 5.98. The summed E-state index contributed by atoms with van der Waals surface area (Å²) in [4.78, 5) is 15.5. The quantitative estimate of drug-likeness (QED) is 0.333. The molecule has 4 atom stereocenters. The molecule has 2 aromatic carbocycles. The van der Waals surface area contributed by atoms with Crippen LogP contribution in [0.3, 0.4) is 0 Å². The van der Waals surface area contributed by atoms with Crippen molar-refractivity contribution in [3.63, 3.8) is 0 Å². The minimum atomic E-state index is -0.774. The molecule has 0 amide bonds. The van der Waals surface area contributed by atoms with Crippen LogP contribution in [0.1, 0.15) is 65.1 Å². The summed E-state index contributed by atoms with van der Waals surface area (Å²) >= 11 is 0. The maximum Gasteiger partial charge on any atom is 0.308 e. The van der Waals surface area contributed by atoms with E-state index < -0.39 is 11.4 Å². The Bertz CT molecular complexity index is 936. The Kier molecular flexibility index (Phi) is 8.34. The topological polar surface area (TPSA) is 48.0 Å². The number of rotatable bonds is 9. The van der Waals surface area contributed by atoms with E-state index in [4.69, 9.17) is 14.2 Å². The van der Waals surface area contributed by atoms with Crippen molar-refractivity contribution in [2.45, 2.75) is 90.2 Å². The van der Waals surface area contributed by atoms with Gasteiger partial charge in [0.1, 0.15) is 17.8 Å². The molecule has 0 unspecified atom stereocenters. The van der Waals surface area contributed by atoms with E-state index in [1.165, 1.54) is 5.56 Å². The van der Waals surface area contributed by atoms with Crippen molar-refractivity contribution in [1.82, 2.24) is 4.90 Å². The molecule has 34 heavy (non-hydrogen) atoms. The van der Waals surface area contributed by atoms with Crippen LogP contribution < -0.4 is 0 Å². The number of ether oxygens (including phenoxy) is 3. The zero-order valence-corrected chi connectivity index (χ0v) is 21.4. The number of carbonyl (C=O) groups is 1. The summed E-state index contributed by atoms with van der Waals surface area (Å²) in [6, 6.07) is 20.4. The fourth-order valence-electron chi connectivity index (χ4n) is 4.53. The Hall–Kier alpha value is -2.47. The van der Waals surface area contributed by atoms with Crippen LogP contribution in [0.5, 0.6) is 0 Å². The lowest BCUT2D eigenvalue weighted by atomic mass is 9.95. The van der Waals surface area contributed by atoms with Gasteiger partial charge in [-0.3, -0.25) is 9.69 Å². The zero-order valence-electron chi connectivity index (χ0n) is 21.4. The summed E-state index contributed by atoms with van der Waals surface area (Å²) in [5, 5.41) is 0. The van der Waals surface area contributed by atoms with E-state index in [0.29, 0.717) is 6.54 Å². The second-order valence-corrected chi connectivity index (χ2v) is 10.4. The predicted octanol–water partition coefficient (Wildman–Crippen LogP) is 6.06. The normalized spacial score (nSPS) is 21.7. The lowest BCUT2D eigenvalue weighted by molar-refractivity contribution is -0.164. The van der Waals surface area contributed by atoms with Gasteiger partial charge in [-0.15, -0.1) is 6.58 Å². The van der Waals surface area contributed by atoms with Gasteiger partial charge >= 0.3 is 5.97 Å². The van der Waals surface area contributed by atoms with E-state index >= 15 is 0 Å². The molecule has 2 aromatic rings. The Morgan fingerprint density at radius 3 is 2.24 bits per heavy atom. The first-order valence-corrected chi connectivity index (χ1v) is 12.0. The molecule has 5 nitrogen and oxygen atoms in total. The Balaban J connectivity index is 2.03. The lowest BCUT2D eigenvalue weighted by Gasteiger charge is -2.40. The van der Waals surface area contributed by atoms with Crippen molar-refractivity contribution in [2.75, 3.05) is 0 Å². The van der Waals surface area contributed by atoms with Crippen LogP contribution >= 0.6 is 0 Å². The average molecular weight is 466 g/mol. The van der Waals surface area contributed by atoms with Crippen LogP contribution in [0.2, 0.25) is 0 Å². The largest absolute Gasteiger partial charge is 0.460 e. The van der Waals surface area contributed by atoms with E-state index in [1.807, 2.05) is 71.0 Å². The van der Waals surface area contributed by atoms with Crippen molar-refractivity contribution in [3.05, 3.63) is 84.4 Å². The van der Waals surface area contributed by atoms with E-state index in [0.717, 1.165) is 5.56 Å². The molecule has 0 radical (unpaired) electrons. The van der Waals surface area contributed by atoms with Gasteiger partial charge in [0.15, 0.2) is 5.79 Å². The highest BCUT2D eigenvalue weighted by Crippen LogP contribution is 2.37. The zero-order chi connectivity index (χ0) is 24.9. The SMILES string of the molecule is C=C[C@@H]1OC(C)(C)O[C@@H]1[C@H](CC(=O)OC(C)(C)C)N(Cc1ccccc1)[C@@H](C)c1ccccc1. The molecule has 1 aliphatic heterocycles. The highest BCUT2D eigenvalue weighted by Gasteiger charge is 2.47. The van der Waals surface area contributed by atoms with Gasteiger partial charge in [-0.2, -0.15) is 0 Å². The van der Waals surface area contributed by atoms with Crippen LogP contribution in [0.25, 0.3) is 0 Å². The van der Waals surface area contributed by atoms with Crippen molar-refractivity contribution in [1.29, 1.82) is 0 Å². The van der Waals surface area contributed by atoms with E-state index in [9.17, 15) is 4.79 Å². The van der Waals surface area contributed by atoms with Gasteiger partial charge in [-0.1, -0.05) is 66.7 Å². The van der Waals surface area contributed by atoms with Gasteiger partial charge in [0.05, 0.1) is 12.5 Å². The average Bonchev–Trinajstić information content (AvgIpc) is 3.10. The van der Waals surface area contributed by atoms with Crippen LogP contribution in [0, 0.1) is 0 Å². The van der Waals surface area contributed by atoms with Crippen LogP contribution in [-0.2, 0) is 25.5 Å². The molecule has 1 heterocycles. The van der Waals surface area contributed by atoms with Crippen molar-refractivity contribution in [2.24, 2.45) is 0 Å². The molecule has 0 N–H and O–H groups in total. The third kappa shape index (κ3) is 7.02. The highest BCUT2D eigenvalue weighted by molar-refractivity contribution is 5.70. The maximum atomic E-state index is 13.1. The first kappa shape index (κ1) is 26.1. The lowest BCUT2D eigenvalue weighted by Crippen LogP contribution is -2.49. The standard InChI is InChI=1S/C29H39NO4/c1-8-25-27(34-29(6,7)32-25)24(19-26(31)33-28(3,4)5)30(20-22-15-11-9-12-16-22)21(2)23-17-13-10-14-18-23/h8-18,21,24-25,27H,1,19-20H2,2-7H3/t21-,24-,25-,27+/m0/s1. The van der Waals surface area contributed by atoms with Crippen LogP contribution in [0.4, 0.5) is 0 Å². The summed E-state index contributed by atoms with van der Waals surface area (Å²) in [6.45, 7) is 16.3. The molecular weight excluding hydrogens is 426 g/mol. The molecule has 0 aliphatic carbocycles. The molecule has 1 aliphatic rings. The number of carbonyl (C=O) groups excluding carboxylic acids is 1. The molecular formula is C29H39NO4. The van der Waals surface area contributed by atoms with Crippen LogP contribution in [0.15, 0.2) is 73.3 Å². The first-order chi connectivity index (χ1) is 16.0. The third-order valence-corrected chi connectivity index (χ3v) is 5.98. The molecule has 0 spiro atoms. The summed E-state index contributed by atoms with van der Waals surface area (Å²) in [6.07, 6.45) is 1.23. The summed E-state index contributed by atoms with van der Waals surface area (Å²) in [7, 11) is 0. The Labute approximate surface area is 204 Å². The predicted molar refractivity (Wildman–Crippen MR) is 135 cm³/mol. The highest BCUT2D eigenvalue weighted by atomic mass is 16.8. The molecule has 0 bridgehead atoms. The number of hydrogen-bond donors (Lipinski definition) is 0. The van der Waals surface area contributed by atoms with Gasteiger partial charge in [0, 0.05) is 12.6 Å². The van der Waals surface area contributed by atoms with Crippen molar-refractivity contribution < 1.29 is 19.0 Å². The molecule has 1 saturated heterocycles. The number of esters is 1. The molecule has 5 heteroatoms. The summed E-state index contributed by atoms with van der Waals surface area (Å²) in [5.41, 5.74) is 1.76. The Morgan fingerprint density at radius 2 is 1.68 bits per heavy atom. The number of benzene rings is 2. The second-order valence-electron chi connectivity index (χ2n) is 10.4. The molecule has 3 rings (SSSR count). The molecule has 0 aromatic heterocycles. The fourth-order valence-corrected chi connectivity index (χ4v) is 4.53. The molecule has 0 saturated carbocycles. The fraction of sp³-hybridized carbons (Fsp3) is 0.483. The maximum absolute atomic E-state index is 13.1. The number of hydrogen-bond acceptors (Lipinski definition) is 5. The van der Waals surface area contributed by atoms with E-state index in [2.05, 4.69) is 42.7 Å². The van der Waals surface area contributed by atoms with E-state index in [1.54, 1.807) is 6.08 Å².